The molecule has 0 spiro atoms. The molecule has 0 atom stereocenters. The third-order valence-electron chi connectivity index (χ3n) is 12.1. The Morgan fingerprint density at radius 1 is 0.373 bits per heavy atom. The first-order valence-electron chi connectivity index (χ1n) is 20.0. The average molecular weight is 759 g/mol. The van der Waals surface area contributed by atoms with Gasteiger partial charge in [0.05, 0.1) is 22.1 Å². The van der Waals surface area contributed by atoms with E-state index in [0.29, 0.717) is 11.1 Å². The molecular formula is C55H35FN2O. The van der Waals surface area contributed by atoms with E-state index in [9.17, 15) is 0 Å². The van der Waals surface area contributed by atoms with Gasteiger partial charge >= 0.3 is 0 Å². The van der Waals surface area contributed by atoms with Crippen molar-refractivity contribution in [3.63, 3.8) is 0 Å². The van der Waals surface area contributed by atoms with Crippen molar-refractivity contribution in [2.45, 2.75) is 6.92 Å². The molecule has 0 N–H and O–H groups in total. The molecule has 59 heavy (non-hydrogen) atoms. The van der Waals surface area contributed by atoms with Gasteiger partial charge in [0.2, 0.25) is 0 Å². The normalized spacial score (nSPS) is 11.9. The third kappa shape index (κ3) is 5.06. The minimum Gasteiger partial charge on any atom is -0.455 e. The zero-order chi connectivity index (χ0) is 39.2. The molecule has 0 aliphatic heterocycles. The summed E-state index contributed by atoms with van der Waals surface area (Å²) in [6.45, 7) is 2.05. The summed E-state index contributed by atoms with van der Waals surface area (Å²) in [6, 6.07) is 67.1. The molecule has 0 unspecified atom stereocenters. The van der Waals surface area contributed by atoms with Crippen molar-refractivity contribution in [3.8, 4) is 44.8 Å². The third-order valence-corrected chi connectivity index (χ3v) is 12.1. The van der Waals surface area contributed by atoms with Crippen LogP contribution in [0.3, 0.4) is 0 Å². The molecule has 278 valence electrons. The lowest BCUT2D eigenvalue weighted by molar-refractivity contribution is 0.634. The SMILES string of the molecule is Cc1ccccc1-c1cc(-n2c3ccccc3c3ccccc32)cc(-c2cc(-c3ccc4c(c3)c3ccccc3n4-c3ccccc3)c3oc4ccccc4c3c2)c1F. The molecule has 0 amide bonds. The van der Waals surface area contributed by atoms with Gasteiger partial charge in [0.25, 0.3) is 0 Å². The predicted octanol–water partition coefficient (Wildman–Crippen LogP) is 15.2. The average Bonchev–Trinajstić information content (AvgIpc) is 3.94. The fourth-order valence-corrected chi connectivity index (χ4v) is 9.41. The maximum absolute atomic E-state index is 17.8. The van der Waals surface area contributed by atoms with Crippen LogP contribution in [0.25, 0.3) is 110 Å². The van der Waals surface area contributed by atoms with Crippen molar-refractivity contribution in [2.24, 2.45) is 0 Å². The zero-order valence-electron chi connectivity index (χ0n) is 32.2. The van der Waals surface area contributed by atoms with Crippen LogP contribution >= 0.6 is 0 Å². The maximum Gasteiger partial charge on any atom is 0.143 e. The Hall–Kier alpha value is -7.69. The van der Waals surface area contributed by atoms with Crippen molar-refractivity contribution >= 4 is 65.6 Å². The van der Waals surface area contributed by atoms with Crippen molar-refractivity contribution in [1.29, 1.82) is 0 Å². The minimum absolute atomic E-state index is 0.261. The Bertz CT molecular complexity index is 3590. The number of aryl methyl sites for hydroxylation is 1. The number of nitrogens with zero attached hydrogens (tertiary/aromatic N) is 2. The highest BCUT2D eigenvalue weighted by molar-refractivity contribution is 6.15. The van der Waals surface area contributed by atoms with Crippen LogP contribution in [0.1, 0.15) is 5.56 Å². The summed E-state index contributed by atoms with van der Waals surface area (Å²) in [5, 5.41) is 6.55. The lowest BCUT2D eigenvalue weighted by Crippen LogP contribution is -2.00. The Morgan fingerprint density at radius 2 is 0.915 bits per heavy atom. The number of rotatable bonds is 5. The van der Waals surface area contributed by atoms with Gasteiger partial charge in [0.15, 0.2) is 0 Å². The molecule has 0 saturated carbocycles. The van der Waals surface area contributed by atoms with Crippen molar-refractivity contribution in [3.05, 3.63) is 206 Å². The summed E-state index contributed by atoms with van der Waals surface area (Å²) in [5.74, 6) is -0.261. The first-order valence-corrected chi connectivity index (χ1v) is 20.0. The Labute approximate surface area is 339 Å². The highest BCUT2D eigenvalue weighted by Gasteiger charge is 2.23. The predicted molar refractivity (Wildman–Crippen MR) is 243 cm³/mol. The van der Waals surface area contributed by atoms with Gasteiger partial charge in [-0.25, -0.2) is 4.39 Å². The topological polar surface area (TPSA) is 23.0 Å². The maximum atomic E-state index is 17.8. The van der Waals surface area contributed by atoms with Crippen molar-refractivity contribution < 1.29 is 8.81 Å². The number of hydrogen-bond acceptors (Lipinski definition) is 1. The summed E-state index contributed by atoms with van der Waals surface area (Å²) in [4.78, 5) is 0. The summed E-state index contributed by atoms with van der Waals surface area (Å²) in [5.41, 5.74) is 13.6. The molecule has 0 aliphatic carbocycles. The summed E-state index contributed by atoms with van der Waals surface area (Å²) < 4.78 is 29.1. The van der Waals surface area contributed by atoms with Gasteiger partial charge in [-0.1, -0.05) is 121 Å². The summed E-state index contributed by atoms with van der Waals surface area (Å²) >= 11 is 0. The molecule has 0 saturated heterocycles. The van der Waals surface area contributed by atoms with Crippen LogP contribution in [0.2, 0.25) is 0 Å². The number of halogens is 1. The molecule has 12 rings (SSSR count). The van der Waals surface area contributed by atoms with Gasteiger partial charge in [-0.2, -0.15) is 0 Å². The standard InChI is InChI=1S/C55H35FN2O/c1-34-15-5-6-18-39(34)47-33-38(58-49-23-11-7-19-40(49)41-20-8-12-24-50(41)58)32-44(54(47)56)36-30-45(55-48(31-36)43-22-10-14-26-53(43)59-55)35-27-28-52-46(29-35)42-21-9-13-25-51(42)57(52)37-16-3-2-4-17-37/h2-33H,1H3. The first-order chi connectivity index (χ1) is 29.1. The molecule has 0 radical (unpaired) electrons. The van der Waals surface area contributed by atoms with E-state index in [4.69, 9.17) is 4.42 Å². The lowest BCUT2D eigenvalue weighted by atomic mass is 9.91. The van der Waals surface area contributed by atoms with Gasteiger partial charge in [0.1, 0.15) is 17.0 Å². The lowest BCUT2D eigenvalue weighted by Gasteiger charge is -2.17. The monoisotopic (exact) mass is 758 g/mol. The van der Waals surface area contributed by atoms with Crippen LogP contribution in [0, 0.1) is 12.7 Å². The fraction of sp³-hybridized carbons (Fsp3) is 0.0182. The van der Waals surface area contributed by atoms with Gasteiger partial charge in [-0.15, -0.1) is 0 Å². The van der Waals surface area contributed by atoms with E-state index < -0.39 is 0 Å². The second-order valence-electron chi connectivity index (χ2n) is 15.5. The number of hydrogen-bond donors (Lipinski definition) is 0. The molecule has 0 fully saturated rings. The number of benzene rings is 9. The molecule has 3 nitrogen and oxygen atoms in total. The minimum atomic E-state index is -0.261. The molecule has 3 heterocycles. The Morgan fingerprint density at radius 3 is 1.63 bits per heavy atom. The fourth-order valence-electron chi connectivity index (χ4n) is 9.41. The quantitative estimate of drug-likeness (QED) is 0.171. The Kier molecular flexibility index (Phi) is 7.32. The first kappa shape index (κ1) is 33.4. The molecule has 3 aromatic heterocycles. The second kappa shape index (κ2) is 12.9. The van der Waals surface area contributed by atoms with Crippen LogP contribution in [0.4, 0.5) is 4.39 Å². The molecule has 4 heteroatoms. The summed E-state index contributed by atoms with van der Waals surface area (Å²) in [7, 11) is 0. The molecular weight excluding hydrogens is 724 g/mol. The van der Waals surface area contributed by atoms with Gasteiger partial charge < -0.3 is 13.6 Å². The highest BCUT2D eigenvalue weighted by atomic mass is 19.1. The largest absolute Gasteiger partial charge is 0.455 e. The second-order valence-corrected chi connectivity index (χ2v) is 15.5. The van der Waals surface area contributed by atoms with Crippen molar-refractivity contribution in [2.75, 3.05) is 0 Å². The van der Waals surface area contributed by atoms with Gasteiger partial charge in [0, 0.05) is 60.4 Å². The highest BCUT2D eigenvalue weighted by Crippen LogP contribution is 2.44. The number of para-hydroxylation sites is 5. The van der Waals surface area contributed by atoms with E-state index in [0.717, 1.165) is 105 Å². The molecule has 0 aliphatic rings. The molecule has 9 aromatic carbocycles. The summed E-state index contributed by atoms with van der Waals surface area (Å²) in [6.07, 6.45) is 0. The molecule has 12 aromatic rings. The van der Waals surface area contributed by atoms with Gasteiger partial charge in [-0.3, -0.25) is 0 Å². The van der Waals surface area contributed by atoms with Crippen LogP contribution in [-0.2, 0) is 0 Å². The van der Waals surface area contributed by atoms with E-state index in [-0.39, 0.29) is 5.82 Å². The van der Waals surface area contributed by atoms with Crippen LogP contribution in [0.5, 0.6) is 0 Å². The van der Waals surface area contributed by atoms with Crippen LogP contribution in [-0.4, -0.2) is 9.13 Å². The van der Waals surface area contributed by atoms with E-state index in [2.05, 4.69) is 143 Å². The van der Waals surface area contributed by atoms with Crippen LogP contribution in [0.15, 0.2) is 199 Å². The van der Waals surface area contributed by atoms with E-state index in [1.165, 1.54) is 0 Å². The van der Waals surface area contributed by atoms with E-state index in [1.807, 2.05) is 67.6 Å². The van der Waals surface area contributed by atoms with E-state index in [1.54, 1.807) is 0 Å². The Balaban J connectivity index is 1.16. The van der Waals surface area contributed by atoms with Crippen LogP contribution < -0.4 is 0 Å². The zero-order valence-corrected chi connectivity index (χ0v) is 32.2. The number of fused-ring (bicyclic) bond motifs is 9. The van der Waals surface area contributed by atoms with Gasteiger partial charge in [-0.05, 0) is 102 Å². The van der Waals surface area contributed by atoms with Crippen molar-refractivity contribution in [1.82, 2.24) is 9.13 Å². The van der Waals surface area contributed by atoms with E-state index >= 15 is 4.39 Å². The number of furan rings is 1. The smallest absolute Gasteiger partial charge is 0.143 e. The number of aromatic nitrogens is 2. The molecule has 0 bridgehead atoms.